The topological polar surface area (TPSA) is 17.1 Å². The monoisotopic (exact) mass is 272 g/mol. The number of allylic oxidation sites excluding steroid dienone is 1. The van der Waals surface area contributed by atoms with Crippen molar-refractivity contribution in [1.82, 2.24) is 0 Å². The van der Waals surface area contributed by atoms with Crippen LogP contribution in [0, 0.1) is 3.57 Å². The SMILES string of the molecule is C=CC(=O)Cc1ccc(I)cc1. The van der Waals surface area contributed by atoms with E-state index in [2.05, 4.69) is 29.2 Å². The lowest BCUT2D eigenvalue weighted by Gasteiger charge is -1.96. The third kappa shape index (κ3) is 2.77. The van der Waals surface area contributed by atoms with Crippen LogP contribution in [0.5, 0.6) is 0 Å². The number of rotatable bonds is 3. The predicted octanol–water partition coefficient (Wildman–Crippen LogP) is 2.59. The second-order valence-electron chi connectivity index (χ2n) is 2.47. The van der Waals surface area contributed by atoms with Crippen LogP contribution in [0.15, 0.2) is 36.9 Å². The molecule has 0 heterocycles. The summed E-state index contributed by atoms with van der Waals surface area (Å²) in [7, 11) is 0. The van der Waals surface area contributed by atoms with Crippen LogP contribution in [-0.4, -0.2) is 5.78 Å². The lowest BCUT2D eigenvalue weighted by molar-refractivity contribution is -0.114. The first kappa shape index (κ1) is 9.45. The van der Waals surface area contributed by atoms with Gasteiger partial charge in [-0.15, -0.1) is 0 Å². The van der Waals surface area contributed by atoms with Crippen molar-refractivity contribution in [2.24, 2.45) is 0 Å². The summed E-state index contributed by atoms with van der Waals surface area (Å²) < 4.78 is 1.18. The molecule has 0 N–H and O–H groups in total. The normalized spacial score (nSPS) is 9.42. The molecular formula is C10H9IO. The minimum Gasteiger partial charge on any atom is -0.295 e. The van der Waals surface area contributed by atoms with E-state index in [1.165, 1.54) is 9.65 Å². The fourth-order valence-corrected chi connectivity index (χ4v) is 1.24. The number of carbonyl (C=O) groups is 1. The van der Waals surface area contributed by atoms with Crippen LogP contribution in [0.1, 0.15) is 5.56 Å². The van der Waals surface area contributed by atoms with Crippen molar-refractivity contribution >= 4 is 28.4 Å². The van der Waals surface area contributed by atoms with Crippen molar-refractivity contribution in [3.05, 3.63) is 46.1 Å². The molecule has 1 aromatic carbocycles. The van der Waals surface area contributed by atoms with Crippen molar-refractivity contribution in [3.63, 3.8) is 0 Å². The third-order valence-electron chi connectivity index (χ3n) is 1.52. The molecule has 0 aliphatic rings. The van der Waals surface area contributed by atoms with Gasteiger partial charge < -0.3 is 0 Å². The van der Waals surface area contributed by atoms with Gasteiger partial charge in [0.15, 0.2) is 5.78 Å². The maximum atomic E-state index is 10.9. The van der Waals surface area contributed by atoms with E-state index < -0.39 is 0 Å². The van der Waals surface area contributed by atoms with E-state index >= 15 is 0 Å². The van der Waals surface area contributed by atoms with Gasteiger partial charge in [0.25, 0.3) is 0 Å². The molecule has 0 fully saturated rings. The molecule has 0 aromatic heterocycles. The molecule has 0 bridgehead atoms. The van der Waals surface area contributed by atoms with E-state index in [9.17, 15) is 4.79 Å². The molecule has 0 saturated carbocycles. The number of hydrogen-bond donors (Lipinski definition) is 0. The van der Waals surface area contributed by atoms with Crippen LogP contribution in [0.3, 0.4) is 0 Å². The number of benzene rings is 1. The van der Waals surface area contributed by atoms with Crippen LogP contribution >= 0.6 is 22.6 Å². The van der Waals surface area contributed by atoms with Crippen LogP contribution in [0.2, 0.25) is 0 Å². The first-order chi connectivity index (χ1) is 5.72. The fraction of sp³-hybridized carbons (Fsp3) is 0.100. The van der Waals surface area contributed by atoms with E-state index in [1.54, 1.807) is 0 Å². The molecule has 0 atom stereocenters. The van der Waals surface area contributed by atoms with Crippen LogP contribution in [0.25, 0.3) is 0 Å². The van der Waals surface area contributed by atoms with E-state index in [-0.39, 0.29) is 5.78 Å². The van der Waals surface area contributed by atoms with Gasteiger partial charge in [-0.05, 0) is 46.4 Å². The average molecular weight is 272 g/mol. The fourth-order valence-electron chi connectivity index (χ4n) is 0.876. The van der Waals surface area contributed by atoms with Gasteiger partial charge in [-0.3, -0.25) is 4.79 Å². The number of halogens is 1. The summed E-state index contributed by atoms with van der Waals surface area (Å²) in [6, 6.07) is 7.91. The van der Waals surface area contributed by atoms with Gasteiger partial charge in [0.2, 0.25) is 0 Å². The molecule has 1 aromatic rings. The minimum atomic E-state index is 0.0659. The van der Waals surface area contributed by atoms with Crippen LogP contribution < -0.4 is 0 Å². The molecule has 0 amide bonds. The summed E-state index contributed by atoms with van der Waals surface area (Å²) in [4.78, 5) is 10.9. The molecule has 1 nitrogen and oxygen atoms in total. The second kappa shape index (κ2) is 4.40. The Morgan fingerprint density at radius 1 is 1.42 bits per heavy atom. The molecule has 0 spiro atoms. The second-order valence-corrected chi connectivity index (χ2v) is 3.72. The van der Waals surface area contributed by atoms with Gasteiger partial charge in [0, 0.05) is 9.99 Å². The van der Waals surface area contributed by atoms with Crippen molar-refractivity contribution < 1.29 is 4.79 Å². The molecule has 0 aliphatic heterocycles. The molecule has 62 valence electrons. The Bertz CT molecular complexity index is 287. The zero-order chi connectivity index (χ0) is 8.97. The number of ketones is 1. The highest BCUT2D eigenvalue weighted by Gasteiger charge is 1.97. The van der Waals surface area contributed by atoms with Crippen LogP contribution in [-0.2, 0) is 11.2 Å². The van der Waals surface area contributed by atoms with Crippen molar-refractivity contribution in [2.75, 3.05) is 0 Å². The predicted molar refractivity (Wildman–Crippen MR) is 58.1 cm³/mol. The van der Waals surface area contributed by atoms with E-state index in [4.69, 9.17) is 0 Å². The van der Waals surface area contributed by atoms with E-state index in [0.29, 0.717) is 6.42 Å². The van der Waals surface area contributed by atoms with Crippen molar-refractivity contribution in [1.29, 1.82) is 0 Å². The molecular weight excluding hydrogens is 263 g/mol. The molecule has 0 unspecified atom stereocenters. The summed E-state index contributed by atoms with van der Waals surface area (Å²) >= 11 is 2.23. The lowest BCUT2D eigenvalue weighted by atomic mass is 10.1. The van der Waals surface area contributed by atoms with Crippen LogP contribution in [0.4, 0.5) is 0 Å². The Kier molecular flexibility index (Phi) is 3.47. The maximum absolute atomic E-state index is 10.9. The van der Waals surface area contributed by atoms with Gasteiger partial charge in [-0.25, -0.2) is 0 Å². The van der Waals surface area contributed by atoms with Gasteiger partial charge in [-0.2, -0.15) is 0 Å². The van der Waals surface area contributed by atoms with E-state index in [0.717, 1.165) is 5.56 Å². The number of carbonyl (C=O) groups excluding carboxylic acids is 1. The Morgan fingerprint density at radius 2 is 2.00 bits per heavy atom. The Morgan fingerprint density at radius 3 is 2.50 bits per heavy atom. The highest BCUT2D eigenvalue weighted by atomic mass is 127. The first-order valence-corrected chi connectivity index (χ1v) is 4.70. The molecule has 0 saturated heterocycles. The quantitative estimate of drug-likeness (QED) is 0.610. The zero-order valence-corrected chi connectivity index (χ0v) is 8.74. The average Bonchev–Trinajstić information content (AvgIpc) is 2.09. The number of hydrogen-bond acceptors (Lipinski definition) is 1. The molecule has 2 heteroatoms. The highest BCUT2D eigenvalue weighted by molar-refractivity contribution is 14.1. The lowest BCUT2D eigenvalue weighted by Crippen LogP contribution is -1.97. The Hall–Kier alpha value is -0.640. The Labute approximate surface area is 85.6 Å². The molecule has 0 radical (unpaired) electrons. The maximum Gasteiger partial charge on any atom is 0.159 e. The summed E-state index contributed by atoms with van der Waals surface area (Å²) in [6.07, 6.45) is 1.82. The zero-order valence-electron chi connectivity index (χ0n) is 6.59. The summed E-state index contributed by atoms with van der Waals surface area (Å²) in [5, 5.41) is 0. The van der Waals surface area contributed by atoms with Gasteiger partial charge in [0.05, 0.1) is 0 Å². The highest BCUT2D eigenvalue weighted by Crippen LogP contribution is 2.07. The van der Waals surface area contributed by atoms with E-state index in [1.807, 2.05) is 24.3 Å². The van der Waals surface area contributed by atoms with Gasteiger partial charge in [0.1, 0.15) is 0 Å². The van der Waals surface area contributed by atoms with Gasteiger partial charge >= 0.3 is 0 Å². The Balaban J connectivity index is 2.71. The van der Waals surface area contributed by atoms with Crippen molar-refractivity contribution in [2.45, 2.75) is 6.42 Å². The third-order valence-corrected chi connectivity index (χ3v) is 2.24. The minimum absolute atomic E-state index is 0.0659. The summed E-state index contributed by atoms with van der Waals surface area (Å²) in [6.45, 7) is 3.42. The molecule has 1 rings (SSSR count). The molecule has 12 heavy (non-hydrogen) atoms. The molecule has 0 aliphatic carbocycles. The van der Waals surface area contributed by atoms with Crippen molar-refractivity contribution in [3.8, 4) is 0 Å². The standard InChI is InChI=1S/C10H9IO/c1-2-10(12)7-8-3-5-9(11)6-4-8/h2-6H,1,7H2. The van der Waals surface area contributed by atoms with Gasteiger partial charge in [-0.1, -0.05) is 18.7 Å². The largest absolute Gasteiger partial charge is 0.295 e. The summed E-state index contributed by atoms with van der Waals surface area (Å²) in [5.41, 5.74) is 1.04. The smallest absolute Gasteiger partial charge is 0.159 e. The first-order valence-electron chi connectivity index (χ1n) is 3.62. The summed E-state index contributed by atoms with van der Waals surface area (Å²) in [5.74, 6) is 0.0659.